The van der Waals surface area contributed by atoms with Gasteiger partial charge in [0.15, 0.2) is 0 Å². The quantitative estimate of drug-likeness (QED) is 0.191. The van der Waals surface area contributed by atoms with Gasteiger partial charge in [-0.1, -0.05) is 67.3 Å². The molecule has 8 heteroatoms. The summed E-state index contributed by atoms with van der Waals surface area (Å²) >= 11 is 0. The summed E-state index contributed by atoms with van der Waals surface area (Å²) < 4.78 is 26.2. The van der Waals surface area contributed by atoms with E-state index in [1.807, 2.05) is 13.8 Å². The molecule has 2 fully saturated rings. The number of para-hydroxylation sites is 1. The Balaban J connectivity index is 1.30. The molecule has 7 nitrogen and oxygen atoms in total. The van der Waals surface area contributed by atoms with Gasteiger partial charge >= 0.3 is 7.75 Å². The maximum atomic E-state index is 13.7. The number of benzene rings is 2. The summed E-state index contributed by atoms with van der Waals surface area (Å²) in [4.78, 5) is 13.7. The highest BCUT2D eigenvalue weighted by Crippen LogP contribution is 2.45. The first-order valence-electron chi connectivity index (χ1n) is 16.5. The lowest BCUT2D eigenvalue weighted by Gasteiger charge is -2.32. The lowest BCUT2D eigenvalue weighted by molar-refractivity contribution is -0.122. The Kier molecular flexibility index (Phi) is 11.2. The summed E-state index contributed by atoms with van der Waals surface area (Å²) in [7, 11) is -3.30. The average molecular weight is 608 g/mol. The van der Waals surface area contributed by atoms with Crippen LogP contribution in [0.3, 0.4) is 0 Å². The molecule has 0 aliphatic heterocycles. The van der Waals surface area contributed by atoms with Crippen LogP contribution in [0.1, 0.15) is 101 Å². The second-order valence-corrected chi connectivity index (χ2v) is 14.3. The van der Waals surface area contributed by atoms with Crippen LogP contribution in [0.4, 0.5) is 0 Å². The minimum atomic E-state index is -3.30. The SMILES string of the molecule is CCOP(=O)(NC1CCC(NC(=O)CC(c2cccc(C)c2)c2cn(CC3CCCCC3)c3ccccc23)CC1)OCC. The van der Waals surface area contributed by atoms with Crippen molar-refractivity contribution in [3.8, 4) is 0 Å². The summed E-state index contributed by atoms with van der Waals surface area (Å²) in [6, 6.07) is 17.5. The molecule has 1 amide bonds. The molecular weight excluding hydrogens is 557 g/mol. The number of aromatic nitrogens is 1. The minimum Gasteiger partial charge on any atom is -0.353 e. The summed E-state index contributed by atoms with van der Waals surface area (Å²) in [6.07, 6.45) is 12.7. The van der Waals surface area contributed by atoms with Crippen molar-refractivity contribution in [2.45, 2.75) is 110 Å². The molecule has 0 spiro atoms. The zero-order chi connectivity index (χ0) is 30.2. The van der Waals surface area contributed by atoms with Crippen molar-refractivity contribution in [3.63, 3.8) is 0 Å². The summed E-state index contributed by atoms with van der Waals surface area (Å²) in [6.45, 7) is 7.46. The molecule has 3 aromatic rings. The number of carbonyl (C=O) groups excluding carboxylic acids is 1. The zero-order valence-corrected chi connectivity index (χ0v) is 27.1. The van der Waals surface area contributed by atoms with Crippen molar-refractivity contribution in [2.75, 3.05) is 13.2 Å². The topological polar surface area (TPSA) is 81.6 Å². The van der Waals surface area contributed by atoms with E-state index in [-0.39, 0.29) is 23.9 Å². The van der Waals surface area contributed by atoms with E-state index in [4.69, 9.17) is 9.05 Å². The van der Waals surface area contributed by atoms with E-state index in [2.05, 4.69) is 76.6 Å². The molecule has 1 aromatic heterocycles. The first-order chi connectivity index (χ1) is 20.9. The van der Waals surface area contributed by atoms with Gasteiger partial charge in [-0.15, -0.1) is 0 Å². The highest BCUT2D eigenvalue weighted by molar-refractivity contribution is 7.51. The molecular formula is C35H50N3O4P. The number of amides is 1. The van der Waals surface area contributed by atoms with Crippen molar-refractivity contribution < 1.29 is 18.4 Å². The molecule has 234 valence electrons. The Morgan fingerprint density at radius 3 is 2.33 bits per heavy atom. The normalized spacial score (nSPS) is 20.7. The van der Waals surface area contributed by atoms with Gasteiger partial charge in [-0.2, -0.15) is 0 Å². The molecule has 0 bridgehead atoms. The minimum absolute atomic E-state index is 0.0290. The third kappa shape index (κ3) is 8.39. The number of nitrogens with one attached hydrogen (secondary N) is 2. The number of nitrogens with zero attached hydrogens (tertiary/aromatic N) is 1. The van der Waals surface area contributed by atoms with Gasteiger partial charge in [0.1, 0.15) is 0 Å². The monoisotopic (exact) mass is 607 g/mol. The molecule has 0 saturated heterocycles. The summed E-state index contributed by atoms with van der Waals surface area (Å²) in [5.74, 6) is 0.777. The van der Waals surface area contributed by atoms with Crippen LogP contribution in [0.25, 0.3) is 10.9 Å². The Bertz CT molecular complexity index is 1380. The number of hydrogen-bond donors (Lipinski definition) is 2. The number of fused-ring (bicyclic) bond motifs is 1. The first-order valence-corrected chi connectivity index (χ1v) is 18.0. The Morgan fingerprint density at radius 2 is 1.63 bits per heavy atom. The molecule has 5 rings (SSSR count). The third-order valence-corrected chi connectivity index (χ3v) is 11.1. The number of rotatable bonds is 13. The average Bonchev–Trinajstić information content (AvgIpc) is 3.35. The molecule has 1 atom stereocenters. The van der Waals surface area contributed by atoms with E-state index in [0.29, 0.717) is 19.6 Å². The molecule has 2 aliphatic carbocycles. The molecule has 2 aliphatic rings. The van der Waals surface area contributed by atoms with Crippen LogP contribution in [-0.2, 0) is 25.0 Å². The van der Waals surface area contributed by atoms with Crippen molar-refractivity contribution in [3.05, 3.63) is 71.4 Å². The standard InChI is InChI=1S/C35H50N3O4P/c1-4-41-43(40,42-5-2)37-30-20-18-29(19-21-30)36-35(39)23-32(28-15-11-12-26(3)22-28)33-25-38(24-27-13-7-6-8-14-27)34-17-10-9-16-31(33)34/h9-12,15-17,22,25,27,29-30,32H,4-8,13-14,18-21,23-24H2,1-3H3,(H,36,39)(H,37,40). The highest BCUT2D eigenvalue weighted by atomic mass is 31.2. The smallest absolute Gasteiger partial charge is 0.353 e. The van der Waals surface area contributed by atoms with Gasteiger partial charge in [0.25, 0.3) is 0 Å². The fraction of sp³-hybridized carbons (Fsp3) is 0.571. The fourth-order valence-corrected chi connectivity index (χ4v) is 8.77. The fourth-order valence-electron chi connectivity index (χ4n) is 7.16. The van der Waals surface area contributed by atoms with E-state index in [0.717, 1.165) is 38.1 Å². The molecule has 43 heavy (non-hydrogen) atoms. The number of carbonyl (C=O) groups is 1. The molecule has 2 N–H and O–H groups in total. The number of hydrogen-bond acceptors (Lipinski definition) is 4. The number of aryl methyl sites for hydroxylation is 1. The summed E-state index contributed by atoms with van der Waals surface area (Å²) in [5, 5.41) is 7.73. The second kappa shape index (κ2) is 15.0. The van der Waals surface area contributed by atoms with Gasteiger partial charge in [0.05, 0.1) is 13.2 Å². The second-order valence-electron chi connectivity index (χ2n) is 12.5. The van der Waals surface area contributed by atoms with E-state index in [9.17, 15) is 9.36 Å². The molecule has 2 aromatic carbocycles. The van der Waals surface area contributed by atoms with Crippen LogP contribution in [0, 0.1) is 12.8 Å². The Hall–Kier alpha value is -2.44. The van der Waals surface area contributed by atoms with Gasteiger partial charge < -0.3 is 9.88 Å². The Labute approximate surface area is 257 Å². The lowest BCUT2D eigenvalue weighted by atomic mass is 9.86. The van der Waals surface area contributed by atoms with Gasteiger partial charge in [-0.3, -0.25) is 13.8 Å². The van der Waals surface area contributed by atoms with Gasteiger partial charge in [-0.05, 0) is 82.4 Å². The third-order valence-electron chi connectivity index (χ3n) is 9.24. The van der Waals surface area contributed by atoms with E-state index < -0.39 is 7.75 Å². The van der Waals surface area contributed by atoms with Crippen molar-refractivity contribution in [1.29, 1.82) is 0 Å². The molecule has 1 heterocycles. The van der Waals surface area contributed by atoms with Crippen molar-refractivity contribution in [2.24, 2.45) is 5.92 Å². The van der Waals surface area contributed by atoms with Crippen LogP contribution in [0.15, 0.2) is 54.7 Å². The molecule has 1 unspecified atom stereocenters. The summed E-state index contributed by atoms with van der Waals surface area (Å²) in [5.41, 5.74) is 4.90. The van der Waals surface area contributed by atoms with Gasteiger partial charge in [0.2, 0.25) is 5.91 Å². The first kappa shape index (κ1) is 32.0. The lowest BCUT2D eigenvalue weighted by Crippen LogP contribution is -2.42. The Morgan fingerprint density at radius 1 is 0.930 bits per heavy atom. The van der Waals surface area contributed by atoms with E-state index in [1.54, 1.807) is 0 Å². The van der Waals surface area contributed by atoms with Crippen molar-refractivity contribution in [1.82, 2.24) is 15.0 Å². The largest absolute Gasteiger partial charge is 0.405 e. The van der Waals surface area contributed by atoms with E-state index >= 15 is 0 Å². The van der Waals surface area contributed by atoms with Crippen LogP contribution < -0.4 is 10.4 Å². The van der Waals surface area contributed by atoms with Crippen LogP contribution in [-0.4, -0.2) is 35.8 Å². The highest BCUT2D eigenvalue weighted by Gasteiger charge is 2.32. The predicted octanol–water partition coefficient (Wildman–Crippen LogP) is 8.25. The van der Waals surface area contributed by atoms with Gasteiger partial charge in [0, 0.05) is 48.1 Å². The molecule has 0 radical (unpaired) electrons. The maximum Gasteiger partial charge on any atom is 0.405 e. The van der Waals surface area contributed by atoms with Crippen LogP contribution >= 0.6 is 7.75 Å². The van der Waals surface area contributed by atoms with Crippen LogP contribution in [0.5, 0.6) is 0 Å². The van der Waals surface area contributed by atoms with Gasteiger partial charge in [-0.25, -0.2) is 9.65 Å². The van der Waals surface area contributed by atoms with Crippen molar-refractivity contribution >= 4 is 24.6 Å². The van der Waals surface area contributed by atoms with E-state index in [1.165, 1.54) is 59.7 Å². The zero-order valence-electron chi connectivity index (χ0n) is 26.2. The van der Waals surface area contributed by atoms with Crippen LogP contribution in [0.2, 0.25) is 0 Å². The molecule has 2 saturated carbocycles. The predicted molar refractivity (Wildman–Crippen MR) is 174 cm³/mol. The maximum absolute atomic E-state index is 13.7.